The lowest BCUT2D eigenvalue weighted by Gasteiger charge is -2.13. The van der Waals surface area contributed by atoms with Gasteiger partial charge in [-0.3, -0.25) is 0 Å². The second-order valence-corrected chi connectivity index (χ2v) is 6.29. The highest BCUT2D eigenvalue weighted by Crippen LogP contribution is 2.32. The van der Waals surface area contributed by atoms with E-state index < -0.39 is 0 Å². The predicted molar refractivity (Wildman–Crippen MR) is 104 cm³/mol. The molecule has 2 N–H and O–H groups in total. The number of rotatable bonds is 6. The third-order valence-electron chi connectivity index (χ3n) is 4.44. The second-order valence-electron chi connectivity index (χ2n) is 6.29. The number of para-hydroxylation sites is 1. The van der Waals surface area contributed by atoms with Gasteiger partial charge in [-0.15, -0.1) is 5.10 Å². The van der Waals surface area contributed by atoms with Crippen molar-refractivity contribution in [1.82, 2.24) is 15.2 Å². The maximum atomic E-state index is 5.41. The number of fused-ring (bicyclic) bond motifs is 1. The first-order valence-corrected chi connectivity index (χ1v) is 8.90. The fourth-order valence-electron chi connectivity index (χ4n) is 3.00. The van der Waals surface area contributed by atoms with E-state index in [9.17, 15) is 0 Å². The molecule has 0 unspecified atom stereocenters. The van der Waals surface area contributed by atoms with Crippen molar-refractivity contribution >= 4 is 17.5 Å². The minimum Gasteiger partial charge on any atom is -0.454 e. The normalized spacial score (nSPS) is 12.1. The molecule has 3 aromatic rings. The number of hydrogen-bond donors (Lipinski definition) is 2. The smallest absolute Gasteiger partial charge is 0.244 e. The lowest BCUT2D eigenvalue weighted by Crippen LogP contribution is -2.07. The molecule has 4 rings (SSSR count). The Labute approximate surface area is 157 Å². The maximum Gasteiger partial charge on any atom is 0.244 e. The number of hydrogen-bond acceptors (Lipinski definition) is 7. The monoisotopic (exact) mass is 363 g/mol. The van der Waals surface area contributed by atoms with Crippen LogP contribution in [-0.2, 0) is 13.0 Å². The summed E-state index contributed by atoms with van der Waals surface area (Å²) in [4.78, 5) is 4.52. The standard InChI is InChI=1S/C20H21N5O2/c1-3-15-6-4-5-13(2)19(15)23-18-11-22-25-20(24-18)21-10-14-7-8-16-17(9-14)27-12-26-16/h4-9,11H,3,10,12H2,1-2H3,(H2,21,23,24,25). The lowest BCUT2D eigenvalue weighted by atomic mass is 10.1. The Hall–Kier alpha value is -3.35. The molecule has 2 heterocycles. The topological polar surface area (TPSA) is 81.2 Å². The highest BCUT2D eigenvalue weighted by Gasteiger charge is 2.13. The number of nitrogens with zero attached hydrogens (tertiary/aromatic N) is 3. The van der Waals surface area contributed by atoms with Crippen LogP contribution in [0.5, 0.6) is 11.5 Å². The van der Waals surface area contributed by atoms with Gasteiger partial charge in [-0.25, -0.2) is 0 Å². The molecule has 0 saturated carbocycles. The average molecular weight is 363 g/mol. The van der Waals surface area contributed by atoms with Gasteiger partial charge in [-0.2, -0.15) is 10.1 Å². The zero-order valence-electron chi connectivity index (χ0n) is 15.3. The first kappa shape index (κ1) is 17.1. The molecule has 0 amide bonds. The highest BCUT2D eigenvalue weighted by molar-refractivity contribution is 5.64. The van der Waals surface area contributed by atoms with Crippen LogP contribution >= 0.6 is 0 Å². The molecule has 2 aromatic carbocycles. The molecule has 7 nitrogen and oxygen atoms in total. The zero-order chi connectivity index (χ0) is 18.6. The van der Waals surface area contributed by atoms with E-state index in [1.165, 1.54) is 11.1 Å². The summed E-state index contributed by atoms with van der Waals surface area (Å²) in [5.74, 6) is 2.65. The summed E-state index contributed by atoms with van der Waals surface area (Å²) < 4.78 is 10.7. The van der Waals surface area contributed by atoms with Crippen LogP contribution in [0.4, 0.5) is 17.5 Å². The van der Waals surface area contributed by atoms with Crippen LogP contribution in [0.3, 0.4) is 0 Å². The number of aromatic nitrogens is 3. The van der Waals surface area contributed by atoms with Crippen LogP contribution in [0.2, 0.25) is 0 Å². The number of benzene rings is 2. The van der Waals surface area contributed by atoms with Crippen molar-refractivity contribution in [2.75, 3.05) is 17.4 Å². The quantitative estimate of drug-likeness (QED) is 0.689. The van der Waals surface area contributed by atoms with E-state index in [1.807, 2.05) is 18.2 Å². The Morgan fingerprint density at radius 1 is 1.11 bits per heavy atom. The number of nitrogens with one attached hydrogen (secondary N) is 2. The molecular weight excluding hydrogens is 342 g/mol. The summed E-state index contributed by atoms with van der Waals surface area (Å²) in [5.41, 5.74) is 4.53. The van der Waals surface area contributed by atoms with Gasteiger partial charge in [0.15, 0.2) is 17.3 Å². The van der Waals surface area contributed by atoms with Gasteiger partial charge >= 0.3 is 0 Å². The molecule has 0 saturated heterocycles. The third kappa shape index (κ3) is 3.76. The van der Waals surface area contributed by atoms with Crippen LogP contribution in [0.25, 0.3) is 0 Å². The molecule has 1 aliphatic heterocycles. The SMILES string of the molecule is CCc1cccc(C)c1Nc1cnnc(NCc2ccc3c(c2)OCO3)n1. The Morgan fingerprint density at radius 3 is 2.89 bits per heavy atom. The fourth-order valence-corrected chi connectivity index (χ4v) is 3.00. The van der Waals surface area contributed by atoms with Gasteiger partial charge in [-0.1, -0.05) is 31.2 Å². The maximum absolute atomic E-state index is 5.41. The summed E-state index contributed by atoms with van der Waals surface area (Å²) in [7, 11) is 0. The van der Waals surface area contributed by atoms with Gasteiger partial charge in [0.25, 0.3) is 0 Å². The van der Waals surface area contributed by atoms with Crippen LogP contribution in [0.1, 0.15) is 23.6 Å². The van der Waals surface area contributed by atoms with Gasteiger partial charge < -0.3 is 20.1 Å². The van der Waals surface area contributed by atoms with Gasteiger partial charge in [0, 0.05) is 12.2 Å². The average Bonchev–Trinajstić information content (AvgIpc) is 3.16. The number of anilines is 3. The molecular formula is C20H21N5O2. The number of ether oxygens (including phenoxy) is 2. The Kier molecular flexibility index (Phi) is 4.74. The number of aryl methyl sites for hydroxylation is 2. The van der Waals surface area contributed by atoms with E-state index in [0.717, 1.165) is 29.2 Å². The first-order valence-electron chi connectivity index (χ1n) is 8.90. The molecule has 1 aliphatic rings. The minimum absolute atomic E-state index is 0.269. The summed E-state index contributed by atoms with van der Waals surface area (Å²) in [6.45, 7) is 5.05. The van der Waals surface area contributed by atoms with Crippen LogP contribution in [-0.4, -0.2) is 22.0 Å². The van der Waals surface area contributed by atoms with Crippen LogP contribution in [0, 0.1) is 6.92 Å². The van der Waals surface area contributed by atoms with E-state index >= 15 is 0 Å². The lowest BCUT2D eigenvalue weighted by molar-refractivity contribution is 0.174. The third-order valence-corrected chi connectivity index (χ3v) is 4.44. The largest absolute Gasteiger partial charge is 0.454 e. The van der Waals surface area contributed by atoms with Crippen LogP contribution in [0.15, 0.2) is 42.6 Å². The molecule has 138 valence electrons. The molecule has 0 spiro atoms. The molecule has 7 heteroatoms. The molecule has 0 atom stereocenters. The van der Waals surface area contributed by atoms with Crippen molar-refractivity contribution in [1.29, 1.82) is 0 Å². The van der Waals surface area contributed by atoms with Crippen LogP contribution < -0.4 is 20.1 Å². The van der Waals surface area contributed by atoms with Gasteiger partial charge in [0.1, 0.15) is 0 Å². The molecule has 0 fully saturated rings. The van der Waals surface area contributed by atoms with Crippen molar-refractivity contribution in [2.45, 2.75) is 26.8 Å². The molecule has 0 aliphatic carbocycles. The van der Waals surface area contributed by atoms with Crippen molar-refractivity contribution in [2.24, 2.45) is 0 Å². The molecule has 0 bridgehead atoms. The summed E-state index contributed by atoms with van der Waals surface area (Å²) in [6.07, 6.45) is 2.56. The first-order chi connectivity index (χ1) is 13.2. The zero-order valence-corrected chi connectivity index (χ0v) is 15.3. The van der Waals surface area contributed by atoms with Gasteiger partial charge in [0.05, 0.1) is 6.20 Å². The van der Waals surface area contributed by atoms with E-state index in [0.29, 0.717) is 18.3 Å². The molecule has 0 radical (unpaired) electrons. The van der Waals surface area contributed by atoms with E-state index in [2.05, 4.69) is 57.9 Å². The Morgan fingerprint density at radius 2 is 2.00 bits per heavy atom. The van der Waals surface area contributed by atoms with Gasteiger partial charge in [-0.05, 0) is 42.2 Å². The summed E-state index contributed by atoms with van der Waals surface area (Å²) >= 11 is 0. The van der Waals surface area contributed by atoms with E-state index in [1.54, 1.807) is 6.20 Å². The summed E-state index contributed by atoms with van der Waals surface area (Å²) in [5, 5.41) is 14.7. The molecule has 1 aromatic heterocycles. The fraction of sp³-hybridized carbons (Fsp3) is 0.250. The van der Waals surface area contributed by atoms with Crippen molar-refractivity contribution in [3.8, 4) is 11.5 Å². The van der Waals surface area contributed by atoms with Crippen molar-refractivity contribution in [3.63, 3.8) is 0 Å². The Bertz CT molecular complexity index is 961. The predicted octanol–water partition coefficient (Wildman–Crippen LogP) is 3.83. The van der Waals surface area contributed by atoms with Crippen molar-refractivity contribution in [3.05, 3.63) is 59.3 Å². The molecule has 27 heavy (non-hydrogen) atoms. The highest BCUT2D eigenvalue weighted by atomic mass is 16.7. The Balaban J connectivity index is 1.47. The van der Waals surface area contributed by atoms with Crippen molar-refractivity contribution < 1.29 is 9.47 Å². The second kappa shape index (κ2) is 7.49. The van der Waals surface area contributed by atoms with E-state index in [-0.39, 0.29) is 6.79 Å². The van der Waals surface area contributed by atoms with E-state index in [4.69, 9.17) is 9.47 Å². The van der Waals surface area contributed by atoms with Gasteiger partial charge in [0.2, 0.25) is 12.7 Å². The minimum atomic E-state index is 0.269. The summed E-state index contributed by atoms with van der Waals surface area (Å²) in [6, 6.07) is 12.1.